The number of esters is 1. The maximum absolute atomic E-state index is 11.6. The maximum Gasteiger partial charge on any atom is 0.323 e. The van der Waals surface area contributed by atoms with Crippen LogP contribution < -0.4 is 5.32 Å². The first-order chi connectivity index (χ1) is 7.52. The minimum atomic E-state index is -0.862. The van der Waals surface area contributed by atoms with Gasteiger partial charge in [0.2, 0.25) is 0 Å². The lowest BCUT2D eigenvalue weighted by atomic mass is 10.1. The molecule has 0 spiro atoms. The smallest absolute Gasteiger partial charge is 0.323 e. The summed E-state index contributed by atoms with van der Waals surface area (Å²) in [5.41, 5.74) is 0. The summed E-state index contributed by atoms with van der Waals surface area (Å²) in [6.07, 6.45) is 3.34. The zero-order chi connectivity index (χ0) is 12.6. The van der Waals surface area contributed by atoms with Crippen LogP contribution in [0.3, 0.4) is 0 Å². The van der Waals surface area contributed by atoms with Gasteiger partial charge in [-0.2, -0.15) is 0 Å². The third-order valence-electron chi connectivity index (χ3n) is 2.37. The predicted molar refractivity (Wildman–Crippen MR) is 66.9 cm³/mol. The van der Waals surface area contributed by atoms with Gasteiger partial charge in [0.25, 0.3) is 0 Å². The Kier molecular flexibility index (Phi) is 8.47. The van der Waals surface area contributed by atoms with Crippen molar-refractivity contribution in [2.75, 3.05) is 19.4 Å². The lowest BCUT2D eigenvalue weighted by Gasteiger charge is -2.18. The van der Waals surface area contributed by atoms with E-state index in [0.29, 0.717) is 13.2 Å². The minimum Gasteiger partial charge on any atom is -0.465 e. The Hall–Kier alpha value is -0.420. The zero-order valence-corrected chi connectivity index (χ0v) is 11.4. The lowest BCUT2D eigenvalue weighted by Crippen LogP contribution is -2.42. The Morgan fingerprint density at radius 3 is 2.50 bits per heavy atom. The second kappa shape index (κ2) is 8.70. The zero-order valence-electron chi connectivity index (χ0n) is 10.6. The summed E-state index contributed by atoms with van der Waals surface area (Å²) in [5, 5.41) is 3.17. The van der Waals surface area contributed by atoms with Gasteiger partial charge >= 0.3 is 5.97 Å². The van der Waals surface area contributed by atoms with Crippen molar-refractivity contribution < 1.29 is 13.7 Å². The van der Waals surface area contributed by atoms with Crippen molar-refractivity contribution in [2.45, 2.75) is 44.9 Å². The van der Waals surface area contributed by atoms with E-state index in [1.807, 2.05) is 13.8 Å². The normalized spacial score (nSPS) is 16.5. The molecular weight excluding hydrogens is 226 g/mol. The van der Waals surface area contributed by atoms with Gasteiger partial charge in [-0.15, -0.1) is 0 Å². The van der Waals surface area contributed by atoms with Crippen LogP contribution in [0.4, 0.5) is 0 Å². The summed E-state index contributed by atoms with van der Waals surface area (Å²) in [6, 6.07) is -0.268. The third kappa shape index (κ3) is 6.23. The van der Waals surface area contributed by atoms with Gasteiger partial charge in [-0.05, 0) is 20.3 Å². The molecule has 0 aromatic rings. The molecule has 16 heavy (non-hydrogen) atoms. The predicted octanol–water partition coefficient (Wildman–Crippen LogP) is 1.07. The number of rotatable bonds is 8. The summed E-state index contributed by atoms with van der Waals surface area (Å²) in [4.78, 5) is 11.6. The highest BCUT2D eigenvalue weighted by molar-refractivity contribution is 7.84. The Morgan fingerprint density at radius 2 is 2.06 bits per heavy atom. The first-order valence-corrected chi connectivity index (χ1v) is 7.37. The van der Waals surface area contributed by atoms with E-state index in [4.69, 9.17) is 4.74 Å². The number of nitrogens with one attached hydrogen (secondary N) is 1. The van der Waals surface area contributed by atoms with Gasteiger partial charge in [0.1, 0.15) is 6.04 Å². The van der Waals surface area contributed by atoms with Crippen LogP contribution in [0.1, 0.15) is 33.6 Å². The van der Waals surface area contributed by atoms with Crippen LogP contribution in [0, 0.1) is 0 Å². The number of hydrogen-bond donors (Lipinski definition) is 1. The van der Waals surface area contributed by atoms with Crippen molar-refractivity contribution in [3.05, 3.63) is 0 Å². The third-order valence-corrected chi connectivity index (χ3v) is 3.67. The van der Waals surface area contributed by atoms with Crippen molar-refractivity contribution in [2.24, 2.45) is 0 Å². The van der Waals surface area contributed by atoms with Crippen LogP contribution in [0.15, 0.2) is 0 Å². The molecule has 0 aliphatic heterocycles. The van der Waals surface area contributed by atoms with E-state index in [9.17, 15) is 9.00 Å². The molecule has 0 heterocycles. The van der Waals surface area contributed by atoms with E-state index in [2.05, 4.69) is 5.32 Å². The highest BCUT2D eigenvalue weighted by Crippen LogP contribution is 2.01. The maximum atomic E-state index is 11.6. The Bertz CT molecular complexity index is 233. The molecule has 5 heteroatoms. The topological polar surface area (TPSA) is 55.4 Å². The summed E-state index contributed by atoms with van der Waals surface area (Å²) in [7, 11) is -0.862. The van der Waals surface area contributed by atoms with E-state index in [-0.39, 0.29) is 17.3 Å². The Labute approximate surface area is 101 Å². The number of hydrogen-bond acceptors (Lipinski definition) is 4. The molecule has 0 rings (SSSR count). The van der Waals surface area contributed by atoms with E-state index in [0.717, 1.165) is 12.8 Å². The molecule has 0 bridgehead atoms. The van der Waals surface area contributed by atoms with Crippen LogP contribution in [0.5, 0.6) is 0 Å². The standard InChI is InChI=1S/C11H23NO3S/c1-5-7-10(11(13)15-6-2)12-8-9(3)16(4)14/h9-10,12H,5-8H2,1-4H3. The van der Waals surface area contributed by atoms with E-state index in [1.165, 1.54) is 0 Å². The molecule has 0 radical (unpaired) electrons. The van der Waals surface area contributed by atoms with Crippen molar-refractivity contribution in [1.82, 2.24) is 5.32 Å². The minimum absolute atomic E-state index is 0.0498. The summed E-state index contributed by atoms with van der Waals surface area (Å²) >= 11 is 0. The van der Waals surface area contributed by atoms with Gasteiger partial charge < -0.3 is 10.1 Å². The van der Waals surface area contributed by atoms with Gasteiger partial charge in [0.15, 0.2) is 0 Å². The fourth-order valence-electron chi connectivity index (χ4n) is 1.26. The summed E-state index contributed by atoms with van der Waals surface area (Å²) in [6.45, 7) is 6.69. The fourth-order valence-corrected chi connectivity index (χ4v) is 1.59. The average molecular weight is 249 g/mol. The van der Waals surface area contributed by atoms with E-state index in [1.54, 1.807) is 13.2 Å². The van der Waals surface area contributed by atoms with Gasteiger partial charge in [-0.3, -0.25) is 9.00 Å². The number of carbonyl (C=O) groups excluding carboxylic acids is 1. The molecule has 0 aliphatic rings. The van der Waals surface area contributed by atoms with Crippen LogP contribution in [-0.4, -0.2) is 40.9 Å². The van der Waals surface area contributed by atoms with Crippen molar-refractivity contribution in [1.29, 1.82) is 0 Å². The first kappa shape index (κ1) is 15.6. The molecule has 96 valence electrons. The molecule has 4 nitrogen and oxygen atoms in total. The number of ether oxygens (including phenoxy) is 1. The molecule has 3 unspecified atom stereocenters. The molecule has 0 aliphatic carbocycles. The van der Waals surface area contributed by atoms with Crippen LogP contribution in [-0.2, 0) is 20.3 Å². The second-order valence-corrected chi connectivity index (χ2v) is 5.61. The van der Waals surface area contributed by atoms with Crippen LogP contribution >= 0.6 is 0 Å². The quantitative estimate of drug-likeness (QED) is 0.654. The fraction of sp³-hybridized carbons (Fsp3) is 0.909. The highest BCUT2D eigenvalue weighted by Gasteiger charge is 2.19. The van der Waals surface area contributed by atoms with Crippen molar-refractivity contribution >= 4 is 16.8 Å². The second-order valence-electron chi connectivity index (χ2n) is 3.81. The molecular formula is C11H23NO3S. The molecule has 0 saturated carbocycles. The molecule has 0 aromatic heterocycles. The molecule has 0 aromatic carbocycles. The van der Waals surface area contributed by atoms with E-state index >= 15 is 0 Å². The van der Waals surface area contributed by atoms with Gasteiger partial charge in [0, 0.05) is 28.9 Å². The molecule has 1 N–H and O–H groups in total. The van der Waals surface area contributed by atoms with Gasteiger partial charge in [-0.1, -0.05) is 13.3 Å². The Morgan fingerprint density at radius 1 is 1.44 bits per heavy atom. The molecule has 3 atom stereocenters. The molecule has 0 fully saturated rings. The SMILES string of the molecule is CCCC(NCC(C)S(C)=O)C(=O)OCC. The molecule has 0 amide bonds. The number of carbonyl (C=O) groups is 1. The highest BCUT2D eigenvalue weighted by atomic mass is 32.2. The van der Waals surface area contributed by atoms with Crippen molar-refractivity contribution in [3.63, 3.8) is 0 Å². The van der Waals surface area contributed by atoms with Crippen molar-refractivity contribution in [3.8, 4) is 0 Å². The van der Waals surface area contributed by atoms with E-state index < -0.39 is 10.8 Å². The monoisotopic (exact) mass is 249 g/mol. The summed E-state index contributed by atoms with van der Waals surface area (Å²) < 4.78 is 16.1. The molecule has 0 saturated heterocycles. The summed E-state index contributed by atoms with van der Waals surface area (Å²) in [5.74, 6) is -0.210. The van der Waals surface area contributed by atoms with Gasteiger partial charge in [-0.25, -0.2) is 0 Å². The lowest BCUT2D eigenvalue weighted by molar-refractivity contribution is -0.145. The first-order valence-electron chi connectivity index (χ1n) is 5.75. The van der Waals surface area contributed by atoms with Crippen LogP contribution in [0.25, 0.3) is 0 Å². The van der Waals surface area contributed by atoms with Gasteiger partial charge in [0.05, 0.1) is 6.61 Å². The largest absolute Gasteiger partial charge is 0.465 e. The Balaban J connectivity index is 4.12. The average Bonchev–Trinajstić information content (AvgIpc) is 2.23. The van der Waals surface area contributed by atoms with Crippen LogP contribution in [0.2, 0.25) is 0 Å².